The second-order valence-electron chi connectivity index (χ2n) is 7.36. The molecule has 0 aliphatic rings. The van der Waals surface area contributed by atoms with Crippen molar-refractivity contribution in [2.75, 3.05) is 23.9 Å². The molecule has 0 saturated carbocycles. The summed E-state index contributed by atoms with van der Waals surface area (Å²) in [6.07, 6.45) is 0.919. The predicted octanol–water partition coefficient (Wildman–Crippen LogP) is 1.41. The number of thiazole rings is 1. The number of sulfonamides is 1. The van der Waals surface area contributed by atoms with E-state index in [0.717, 1.165) is 28.7 Å². The van der Waals surface area contributed by atoms with Crippen LogP contribution in [0.25, 0.3) is 21.3 Å². The molecule has 1 aromatic heterocycles. The first kappa shape index (κ1) is 24.8. The van der Waals surface area contributed by atoms with Crippen molar-refractivity contribution in [3.05, 3.63) is 47.5 Å². The van der Waals surface area contributed by atoms with Gasteiger partial charge in [0.25, 0.3) is 0 Å². The summed E-state index contributed by atoms with van der Waals surface area (Å²) in [4.78, 5) is 28.2. The highest BCUT2D eigenvalue weighted by Crippen LogP contribution is 2.34. The molecular weight excluding hydrogens is 488 g/mol. The summed E-state index contributed by atoms with van der Waals surface area (Å²) in [7, 11) is -7.70. The van der Waals surface area contributed by atoms with Gasteiger partial charge in [0.2, 0.25) is 21.8 Å². The Kier molecular flexibility index (Phi) is 7.17. The average molecular weight is 511 g/mol. The van der Waals surface area contributed by atoms with E-state index in [4.69, 9.17) is 5.14 Å². The zero-order valence-corrected chi connectivity index (χ0v) is 20.2. The molecule has 0 saturated heterocycles. The van der Waals surface area contributed by atoms with E-state index < -0.39 is 36.8 Å². The molecule has 3 rings (SSSR count). The Balaban J connectivity index is 1.93. The molecule has 176 valence electrons. The molecule has 3 aromatic rings. The Bertz CT molecular complexity index is 1430. The molecule has 1 unspecified atom stereocenters. The van der Waals surface area contributed by atoms with Crippen molar-refractivity contribution in [3.8, 4) is 11.1 Å². The van der Waals surface area contributed by atoms with Gasteiger partial charge in [0.05, 0.1) is 16.0 Å². The minimum Gasteiger partial charge on any atom is -0.354 e. The van der Waals surface area contributed by atoms with Gasteiger partial charge in [0.15, 0.2) is 15.1 Å². The number of hydrogen-bond acceptors (Lipinski definition) is 8. The van der Waals surface area contributed by atoms with E-state index in [1.54, 1.807) is 24.3 Å². The number of primary sulfonamides is 1. The molecule has 33 heavy (non-hydrogen) atoms. The van der Waals surface area contributed by atoms with Gasteiger partial charge in [0.1, 0.15) is 5.01 Å². The van der Waals surface area contributed by atoms with Crippen LogP contribution in [0.15, 0.2) is 42.5 Å². The number of anilines is 1. The van der Waals surface area contributed by atoms with Crippen LogP contribution >= 0.6 is 11.3 Å². The highest BCUT2D eigenvalue weighted by atomic mass is 32.2. The molecule has 0 aliphatic carbocycles. The van der Waals surface area contributed by atoms with Gasteiger partial charge in [-0.05, 0) is 35.4 Å². The van der Waals surface area contributed by atoms with Crippen LogP contribution in [-0.4, -0.2) is 52.2 Å². The number of amides is 2. The van der Waals surface area contributed by atoms with Crippen molar-refractivity contribution in [1.29, 1.82) is 0 Å². The highest BCUT2D eigenvalue weighted by Gasteiger charge is 2.34. The van der Waals surface area contributed by atoms with Crippen LogP contribution in [0.5, 0.6) is 0 Å². The Hall–Kier alpha value is -2.87. The molecule has 1 atom stereocenters. The van der Waals surface area contributed by atoms with Crippen LogP contribution in [0.3, 0.4) is 0 Å². The van der Waals surface area contributed by atoms with E-state index in [2.05, 4.69) is 15.6 Å². The number of fused-ring (bicyclic) bond motifs is 1. The summed E-state index contributed by atoms with van der Waals surface area (Å²) in [6.45, 7) is 1.10. The first-order chi connectivity index (χ1) is 15.3. The minimum atomic E-state index is -3.90. The molecule has 10 nitrogen and oxygen atoms in total. The number of carbonyl (C=O) groups excluding carboxylic acids is 2. The normalized spacial score (nSPS) is 12.9. The fraction of sp³-hybridized carbons (Fsp3) is 0.250. The number of nitrogens with one attached hydrogen (secondary N) is 2. The summed E-state index contributed by atoms with van der Waals surface area (Å²) in [5.41, 5.74) is 2.80. The lowest BCUT2D eigenvalue weighted by atomic mass is 10.0. The average Bonchev–Trinajstić information content (AvgIpc) is 3.07. The molecule has 1 heterocycles. The number of rotatable bonds is 8. The summed E-state index contributed by atoms with van der Waals surface area (Å²) in [5, 5.41) is 8.43. The van der Waals surface area contributed by atoms with Crippen LogP contribution in [-0.2, 0) is 29.4 Å². The van der Waals surface area contributed by atoms with Crippen LogP contribution in [0.4, 0.5) is 5.69 Å². The number of aromatic nitrogens is 1. The van der Waals surface area contributed by atoms with E-state index in [9.17, 15) is 26.4 Å². The standard InChI is InChI=1S/C20H22N4O6S3/c1-12(25)23-15-5-3-4-13(10-15)14-6-7-16-17(11-14)31-20(24-16)18(32(2,27)28)19(26)22-8-9-33(21,29)30/h3-7,10-11,18H,8-9H2,1-2H3,(H,22,26)(H,23,25)(H2,21,29,30). The molecule has 0 bridgehead atoms. The summed E-state index contributed by atoms with van der Waals surface area (Å²) in [5.74, 6) is -1.58. The zero-order chi connectivity index (χ0) is 24.4. The van der Waals surface area contributed by atoms with Gasteiger partial charge in [-0.2, -0.15) is 0 Å². The quantitative estimate of drug-likeness (QED) is 0.412. The lowest BCUT2D eigenvalue weighted by Crippen LogP contribution is -2.37. The highest BCUT2D eigenvalue weighted by molar-refractivity contribution is 7.91. The van der Waals surface area contributed by atoms with E-state index in [-0.39, 0.29) is 17.5 Å². The number of nitrogens with two attached hydrogens (primary N) is 1. The SMILES string of the molecule is CC(=O)Nc1cccc(-c2ccc3nc(C(C(=O)NCCS(N)(=O)=O)S(C)(=O)=O)sc3c2)c1. The molecule has 0 fully saturated rings. The second kappa shape index (κ2) is 9.55. The maximum atomic E-state index is 12.6. The first-order valence-electron chi connectivity index (χ1n) is 9.59. The third-order valence-electron chi connectivity index (χ3n) is 4.50. The van der Waals surface area contributed by atoms with Crippen LogP contribution in [0.2, 0.25) is 0 Å². The zero-order valence-electron chi connectivity index (χ0n) is 17.7. The number of sulfone groups is 1. The van der Waals surface area contributed by atoms with Crippen molar-refractivity contribution >= 4 is 58.9 Å². The van der Waals surface area contributed by atoms with Gasteiger partial charge in [-0.3, -0.25) is 9.59 Å². The van der Waals surface area contributed by atoms with Gasteiger partial charge in [-0.1, -0.05) is 18.2 Å². The minimum absolute atomic E-state index is 0.0738. The van der Waals surface area contributed by atoms with E-state index in [1.807, 2.05) is 18.2 Å². The summed E-state index contributed by atoms with van der Waals surface area (Å²) in [6, 6.07) is 12.6. The largest absolute Gasteiger partial charge is 0.354 e. The first-order valence-corrected chi connectivity index (χ1v) is 14.1. The maximum Gasteiger partial charge on any atom is 0.245 e. The molecule has 0 radical (unpaired) electrons. The number of hydrogen-bond donors (Lipinski definition) is 3. The molecular formula is C20H22N4O6S3. The molecule has 2 aromatic carbocycles. The fourth-order valence-corrected chi connectivity index (χ4v) is 6.05. The maximum absolute atomic E-state index is 12.6. The molecule has 13 heteroatoms. The van der Waals surface area contributed by atoms with Crippen molar-refractivity contribution in [1.82, 2.24) is 10.3 Å². The Morgan fingerprint density at radius 1 is 1.09 bits per heavy atom. The molecule has 0 aliphatic heterocycles. The van der Waals surface area contributed by atoms with Gasteiger partial charge < -0.3 is 10.6 Å². The molecule has 4 N–H and O–H groups in total. The van der Waals surface area contributed by atoms with Crippen molar-refractivity contribution < 1.29 is 26.4 Å². The van der Waals surface area contributed by atoms with Crippen LogP contribution < -0.4 is 15.8 Å². The van der Waals surface area contributed by atoms with Crippen LogP contribution in [0, 0.1) is 0 Å². The monoisotopic (exact) mass is 510 g/mol. The molecule has 2 amide bonds. The number of carbonyl (C=O) groups is 2. The Labute approximate surface area is 195 Å². The van der Waals surface area contributed by atoms with Crippen molar-refractivity contribution in [3.63, 3.8) is 0 Å². The van der Waals surface area contributed by atoms with Gasteiger partial charge in [0, 0.05) is 25.4 Å². The Morgan fingerprint density at radius 2 is 1.79 bits per heavy atom. The Morgan fingerprint density at radius 3 is 2.42 bits per heavy atom. The second-order valence-corrected chi connectivity index (χ2v) is 12.3. The topological polar surface area (TPSA) is 165 Å². The van der Waals surface area contributed by atoms with Crippen molar-refractivity contribution in [2.45, 2.75) is 12.2 Å². The van der Waals surface area contributed by atoms with Crippen molar-refractivity contribution in [2.24, 2.45) is 5.14 Å². The number of benzene rings is 2. The van der Waals surface area contributed by atoms with E-state index in [1.165, 1.54) is 6.92 Å². The summed E-state index contributed by atoms with van der Waals surface area (Å²) >= 11 is 1.06. The fourth-order valence-electron chi connectivity index (χ4n) is 3.11. The van der Waals surface area contributed by atoms with Gasteiger partial charge in [-0.25, -0.2) is 27.0 Å². The third-order valence-corrected chi connectivity index (χ3v) is 7.80. The lowest BCUT2D eigenvalue weighted by Gasteiger charge is -2.12. The summed E-state index contributed by atoms with van der Waals surface area (Å²) < 4.78 is 47.5. The number of nitrogens with zero attached hydrogens (tertiary/aromatic N) is 1. The third kappa shape index (κ3) is 6.57. The smallest absolute Gasteiger partial charge is 0.245 e. The van der Waals surface area contributed by atoms with Gasteiger partial charge in [-0.15, -0.1) is 11.3 Å². The lowest BCUT2D eigenvalue weighted by molar-refractivity contribution is -0.120. The van der Waals surface area contributed by atoms with E-state index in [0.29, 0.717) is 15.9 Å². The van der Waals surface area contributed by atoms with Crippen LogP contribution in [0.1, 0.15) is 17.2 Å². The van der Waals surface area contributed by atoms with E-state index >= 15 is 0 Å². The molecule has 0 spiro atoms. The predicted molar refractivity (Wildman–Crippen MR) is 128 cm³/mol. The van der Waals surface area contributed by atoms with Gasteiger partial charge >= 0.3 is 0 Å².